The van der Waals surface area contributed by atoms with E-state index in [1.54, 1.807) is 12.1 Å². The van der Waals surface area contributed by atoms with Gasteiger partial charge < -0.3 is 15.3 Å². The van der Waals surface area contributed by atoms with Crippen LogP contribution in [0, 0.1) is 22.7 Å². The van der Waals surface area contributed by atoms with Gasteiger partial charge in [0.15, 0.2) is 28.6 Å². The number of aromatic hydroxyl groups is 3. The molecule has 0 saturated heterocycles. The van der Waals surface area contributed by atoms with Crippen LogP contribution in [0.15, 0.2) is 63.8 Å². The Hall–Kier alpha value is -4.34. The first-order valence-corrected chi connectivity index (χ1v) is 7.82. The van der Waals surface area contributed by atoms with Gasteiger partial charge in [-0.25, -0.2) is 9.98 Å². The van der Waals surface area contributed by atoms with Gasteiger partial charge in [0.2, 0.25) is 0 Å². The van der Waals surface area contributed by atoms with Crippen LogP contribution in [0.4, 0.5) is 0 Å². The summed E-state index contributed by atoms with van der Waals surface area (Å²) in [5.41, 5.74) is 3.00. The number of hydrogen-bond acceptors (Lipinski definition) is 8. The maximum atomic E-state index is 9.46. The molecule has 0 heterocycles. The fraction of sp³-hybridized carbons (Fsp3) is 0.0526. The fourth-order valence-corrected chi connectivity index (χ4v) is 1.95. The summed E-state index contributed by atoms with van der Waals surface area (Å²) in [4.78, 5) is 12.8. The highest BCUT2D eigenvalue weighted by Gasteiger charge is 2.08. The Morgan fingerprint density at radius 2 is 1.61 bits per heavy atom. The predicted molar refractivity (Wildman–Crippen MR) is 100 cm³/mol. The molecule has 2 aromatic rings. The number of hydrogen-bond donors (Lipinski definition) is 4. The van der Waals surface area contributed by atoms with E-state index in [-0.39, 0.29) is 23.6 Å². The number of phenolic OH excluding ortho intramolecular Hbond substituents is 3. The van der Waals surface area contributed by atoms with Crippen molar-refractivity contribution in [1.29, 1.82) is 10.5 Å². The average Bonchev–Trinajstić information content (AvgIpc) is 2.71. The molecule has 0 bridgehead atoms. The van der Waals surface area contributed by atoms with Crippen molar-refractivity contribution in [3.8, 4) is 29.4 Å². The standard InChI is InChI=1S/C19H15N5O4/c20-8-15(22-10-14-6-17(25)19(27)18(26)7-14)16(9-21)23-12-24-28-11-13-4-2-1-3-5-13/h1-7,10,12,25-27H,11H2,(H,23,24)/b16-15+,22-10?. The molecule has 140 valence electrons. The molecule has 0 aliphatic carbocycles. The van der Waals surface area contributed by atoms with E-state index in [2.05, 4.69) is 15.5 Å². The summed E-state index contributed by atoms with van der Waals surface area (Å²) in [6, 6.07) is 15.1. The van der Waals surface area contributed by atoms with E-state index >= 15 is 0 Å². The van der Waals surface area contributed by atoms with E-state index in [4.69, 9.17) is 10.1 Å². The van der Waals surface area contributed by atoms with E-state index < -0.39 is 17.2 Å². The number of phenols is 3. The Bertz CT molecular complexity index is 978. The zero-order valence-corrected chi connectivity index (χ0v) is 14.4. The topological polar surface area (TPSA) is 154 Å². The number of hydroxylamine groups is 1. The van der Waals surface area contributed by atoms with Crippen molar-refractivity contribution in [2.75, 3.05) is 0 Å². The van der Waals surface area contributed by atoms with Gasteiger partial charge in [0.1, 0.15) is 18.5 Å². The van der Waals surface area contributed by atoms with Crippen LogP contribution < -0.4 is 5.48 Å². The van der Waals surface area contributed by atoms with Crippen LogP contribution in [-0.2, 0) is 11.4 Å². The van der Waals surface area contributed by atoms with Gasteiger partial charge in [-0.3, -0.25) is 10.3 Å². The van der Waals surface area contributed by atoms with Crippen LogP contribution in [0.1, 0.15) is 11.1 Å². The zero-order chi connectivity index (χ0) is 20.4. The third kappa shape index (κ3) is 5.59. The number of benzene rings is 2. The summed E-state index contributed by atoms with van der Waals surface area (Å²) >= 11 is 0. The second-order valence-electron chi connectivity index (χ2n) is 5.24. The third-order valence-electron chi connectivity index (χ3n) is 3.28. The Kier molecular flexibility index (Phi) is 7.11. The van der Waals surface area contributed by atoms with Gasteiger partial charge in [-0.05, 0) is 17.7 Å². The van der Waals surface area contributed by atoms with Gasteiger partial charge in [0, 0.05) is 11.8 Å². The van der Waals surface area contributed by atoms with Crippen molar-refractivity contribution in [3.63, 3.8) is 0 Å². The predicted octanol–water partition coefficient (Wildman–Crippen LogP) is 2.23. The molecular weight excluding hydrogens is 362 g/mol. The summed E-state index contributed by atoms with van der Waals surface area (Å²) in [5.74, 6) is -1.78. The molecule has 2 aromatic carbocycles. The summed E-state index contributed by atoms with van der Waals surface area (Å²) in [6.07, 6.45) is 2.23. The van der Waals surface area contributed by atoms with Gasteiger partial charge in [-0.2, -0.15) is 10.5 Å². The van der Waals surface area contributed by atoms with Gasteiger partial charge in [-0.1, -0.05) is 30.3 Å². The first-order chi connectivity index (χ1) is 13.5. The van der Waals surface area contributed by atoms with E-state index in [9.17, 15) is 20.6 Å². The third-order valence-corrected chi connectivity index (χ3v) is 3.28. The average molecular weight is 377 g/mol. The summed E-state index contributed by atoms with van der Waals surface area (Å²) in [7, 11) is 0. The van der Waals surface area contributed by atoms with Crippen molar-refractivity contribution in [2.24, 2.45) is 9.98 Å². The highest BCUT2D eigenvalue weighted by atomic mass is 16.6. The van der Waals surface area contributed by atoms with Crippen LogP contribution in [0.25, 0.3) is 0 Å². The van der Waals surface area contributed by atoms with Crippen LogP contribution in [0.2, 0.25) is 0 Å². The van der Waals surface area contributed by atoms with Gasteiger partial charge >= 0.3 is 0 Å². The lowest BCUT2D eigenvalue weighted by Gasteiger charge is -2.02. The molecule has 0 saturated carbocycles. The van der Waals surface area contributed by atoms with Crippen molar-refractivity contribution in [2.45, 2.75) is 6.61 Å². The first-order valence-electron chi connectivity index (χ1n) is 7.82. The fourth-order valence-electron chi connectivity index (χ4n) is 1.95. The monoisotopic (exact) mass is 377 g/mol. The molecule has 4 N–H and O–H groups in total. The highest BCUT2D eigenvalue weighted by Crippen LogP contribution is 2.34. The molecule has 0 amide bonds. The lowest BCUT2D eigenvalue weighted by Crippen LogP contribution is -2.11. The molecule has 2 rings (SSSR count). The Balaban J connectivity index is 2.05. The second-order valence-corrected chi connectivity index (χ2v) is 5.24. The summed E-state index contributed by atoms with van der Waals surface area (Å²) in [5, 5.41) is 46.6. The molecule has 0 aliphatic rings. The van der Waals surface area contributed by atoms with E-state index in [0.717, 1.165) is 30.2 Å². The van der Waals surface area contributed by atoms with Crippen molar-refractivity contribution >= 4 is 12.6 Å². The molecule has 0 fully saturated rings. The minimum Gasteiger partial charge on any atom is -0.504 e. The first kappa shape index (κ1) is 20.0. The van der Waals surface area contributed by atoms with E-state index in [1.165, 1.54) is 0 Å². The minimum absolute atomic E-state index is 0.200. The van der Waals surface area contributed by atoms with Gasteiger partial charge in [-0.15, -0.1) is 0 Å². The number of aliphatic imine (C=N–C) groups is 2. The second kappa shape index (κ2) is 9.97. The van der Waals surface area contributed by atoms with Crippen LogP contribution in [-0.4, -0.2) is 27.9 Å². The molecule has 0 aliphatic heterocycles. The molecule has 0 unspecified atom stereocenters. The number of rotatable bonds is 7. The number of nitrogens with one attached hydrogen (secondary N) is 1. The summed E-state index contributed by atoms with van der Waals surface area (Å²) in [6.45, 7) is 0.273. The SMILES string of the molecule is N#C/C(N=CNOCc1ccccc1)=C(/C#N)N=Cc1cc(O)c(O)c(O)c1. The molecule has 9 nitrogen and oxygen atoms in total. The highest BCUT2D eigenvalue weighted by molar-refractivity contribution is 5.83. The normalized spacial score (nSPS) is 11.8. The van der Waals surface area contributed by atoms with Crippen LogP contribution in [0.3, 0.4) is 0 Å². The molecule has 0 aromatic heterocycles. The number of nitrogens with zero attached hydrogens (tertiary/aromatic N) is 4. The number of allylic oxidation sites excluding steroid dienone is 2. The molecular formula is C19H15N5O4. The molecule has 0 radical (unpaired) electrons. The van der Waals surface area contributed by atoms with E-state index in [1.807, 2.05) is 30.3 Å². The molecule has 0 atom stereocenters. The lowest BCUT2D eigenvalue weighted by molar-refractivity contribution is 0.0745. The van der Waals surface area contributed by atoms with Gasteiger partial charge in [0.25, 0.3) is 0 Å². The maximum absolute atomic E-state index is 9.46. The Morgan fingerprint density at radius 1 is 1.00 bits per heavy atom. The maximum Gasteiger partial charge on any atom is 0.200 e. The molecule has 0 spiro atoms. The minimum atomic E-state index is -0.669. The lowest BCUT2D eigenvalue weighted by atomic mass is 10.2. The number of nitriles is 2. The largest absolute Gasteiger partial charge is 0.504 e. The zero-order valence-electron chi connectivity index (χ0n) is 14.4. The molecule has 9 heteroatoms. The Labute approximate surface area is 160 Å². The summed E-state index contributed by atoms with van der Waals surface area (Å²) < 4.78 is 0. The quantitative estimate of drug-likeness (QED) is 0.144. The molecule has 28 heavy (non-hydrogen) atoms. The van der Waals surface area contributed by atoms with Crippen molar-refractivity contribution in [3.05, 3.63) is 65.0 Å². The van der Waals surface area contributed by atoms with Gasteiger partial charge in [0.05, 0.1) is 6.61 Å². The van der Waals surface area contributed by atoms with Crippen molar-refractivity contribution in [1.82, 2.24) is 5.48 Å². The van der Waals surface area contributed by atoms with Crippen LogP contribution >= 0.6 is 0 Å². The smallest absolute Gasteiger partial charge is 0.200 e. The van der Waals surface area contributed by atoms with Crippen LogP contribution in [0.5, 0.6) is 17.2 Å². The Morgan fingerprint density at radius 3 is 2.21 bits per heavy atom. The van der Waals surface area contributed by atoms with Crippen molar-refractivity contribution < 1.29 is 20.2 Å². The van der Waals surface area contributed by atoms with E-state index in [0.29, 0.717) is 0 Å².